The molecule has 2 heteroatoms. The maximum atomic E-state index is 2.44. The lowest BCUT2D eigenvalue weighted by atomic mass is 9.96. The van der Waals surface area contributed by atoms with Gasteiger partial charge in [-0.05, 0) is 99.1 Å². The smallest absolute Gasteiger partial charge is 0.0547 e. The van der Waals surface area contributed by atoms with E-state index in [1.807, 2.05) is 0 Å². The molecule has 2 heterocycles. The minimum absolute atomic E-state index is 1.14. The van der Waals surface area contributed by atoms with E-state index in [1.54, 1.807) is 0 Å². The van der Waals surface area contributed by atoms with E-state index >= 15 is 0 Å². The van der Waals surface area contributed by atoms with Crippen LogP contribution in [0.3, 0.4) is 0 Å². The third-order valence-electron chi connectivity index (χ3n) is 11.3. The summed E-state index contributed by atoms with van der Waals surface area (Å²) < 4.78 is 4.88. The van der Waals surface area contributed by atoms with Crippen molar-refractivity contribution in [3.05, 3.63) is 218 Å². The van der Waals surface area contributed by atoms with Crippen molar-refractivity contribution in [3.63, 3.8) is 0 Å². The molecule has 0 N–H and O–H groups in total. The van der Waals surface area contributed by atoms with Crippen molar-refractivity contribution in [1.29, 1.82) is 0 Å². The molecule has 2 aromatic heterocycles. The van der Waals surface area contributed by atoms with Crippen LogP contribution in [0.2, 0.25) is 0 Å². The van der Waals surface area contributed by atoms with Crippen LogP contribution in [0.25, 0.3) is 99.5 Å². The molecule has 11 rings (SSSR count). The van der Waals surface area contributed by atoms with Crippen molar-refractivity contribution in [2.45, 2.75) is 0 Å². The van der Waals surface area contributed by atoms with Gasteiger partial charge in [0.2, 0.25) is 0 Å². The molecule has 0 radical (unpaired) electrons. The van der Waals surface area contributed by atoms with Crippen LogP contribution < -0.4 is 0 Å². The standard InChI is InChI=1S/C54H36N2/c1-4-15-37(16-5-1)40-21-12-23-44(33-40)55-51-32-30-42(39-19-8-3-9-20-39)35-49(51)54-46(26-14-28-52(54)55)43-29-31-48-47-25-10-11-27-50(47)56(53(48)36-43)45-24-13-22-41(34-45)38-17-6-2-7-18-38/h1-36H. The summed E-state index contributed by atoms with van der Waals surface area (Å²) in [6, 6.07) is 79.4. The summed E-state index contributed by atoms with van der Waals surface area (Å²) in [4.78, 5) is 0. The molecule has 0 amide bonds. The van der Waals surface area contributed by atoms with Gasteiger partial charge in [-0.1, -0.05) is 164 Å². The largest absolute Gasteiger partial charge is 0.309 e. The van der Waals surface area contributed by atoms with Crippen molar-refractivity contribution >= 4 is 43.6 Å². The molecular formula is C54H36N2. The van der Waals surface area contributed by atoms with Gasteiger partial charge in [-0.25, -0.2) is 0 Å². The lowest BCUT2D eigenvalue weighted by molar-refractivity contribution is 1.18. The Hall–Kier alpha value is -7.42. The zero-order valence-corrected chi connectivity index (χ0v) is 30.7. The van der Waals surface area contributed by atoms with E-state index in [1.165, 1.54) is 88.1 Å². The van der Waals surface area contributed by atoms with E-state index < -0.39 is 0 Å². The Morgan fingerprint density at radius 3 is 1.34 bits per heavy atom. The van der Waals surface area contributed by atoms with Crippen LogP contribution >= 0.6 is 0 Å². The first kappa shape index (κ1) is 32.0. The fourth-order valence-corrected chi connectivity index (χ4v) is 8.73. The molecule has 11 aromatic rings. The Morgan fingerprint density at radius 2 is 0.696 bits per heavy atom. The average molecular weight is 713 g/mol. The third-order valence-corrected chi connectivity index (χ3v) is 11.3. The fourth-order valence-electron chi connectivity index (χ4n) is 8.73. The number of aromatic nitrogens is 2. The number of fused-ring (bicyclic) bond motifs is 6. The van der Waals surface area contributed by atoms with Crippen LogP contribution in [-0.4, -0.2) is 9.13 Å². The van der Waals surface area contributed by atoms with E-state index in [0.29, 0.717) is 0 Å². The molecule has 9 aromatic carbocycles. The lowest BCUT2D eigenvalue weighted by Gasteiger charge is -2.12. The van der Waals surface area contributed by atoms with Crippen LogP contribution in [0.15, 0.2) is 218 Å². The quantitative estimate of drug-likeness (QED) is 0.162. The average Bonchev–Trinajstić information content (AvgIpc) is 3.80. The SMILES string of the molecule is c1ccc(-c2cccc(-n3c4ccccc4c4ccc(-c5cccc6c5c5cc(-c7ccccc7)ccc5n6-c5cccc(-c6ccccc6)c5)cc43)c2)cc1. The highest BCUT2D eigenvalue weighted by molar-refractivity contribution is 6.18. The van der Waals surface area contributed by atoms with Gasteiger partial charge in [-0.2, -0.15) is 0 Å². The molecule has 0 spiro atoms. The number of hydrogen-bond donors (Lipinski definition) is 0. The van der Waals surface area contributed by atoms with E-state index in [4.69, 9.17) is 0 Å². The second kappa shape index (κ2) is 13.2. The van der Waals surface area contributed by atoms with Gasteiger partial charge in [-0.15, -0.1) is 0 Å². The molecule has 0 saturated carbocycles. The number of hydrogen-bond acceptors (Lipinski definition) is 0. The predicted octanol–water partition coefficient (Wildman–Crippen LogP) is 14.5. The van der Waals surface area contributed by atoms with Gasteiger partial charge in [0.25, 0.3) is 0 Å². The second-order valence-electron chi connectivity index (χ2n) is 14.6. The molecule has 262 valence electrons. The Bertz CT molecular complexity index is 3220. The first-order valence-electron chi connectivity index (χ1n) is 19.3. The molecule has 0 atom stereocenters. The summed E-state index contributed by atoms with van der Waals surface area (Å²) in [7, 11) is 0. The first-order valence-corrected chi connectivity index (χ1v) is 19.3. The molecule has 0 aliphatic carbocycles. The summed E-state index contributed by atoms with van der Waals surface area (Å²) in [6.07, 6.45) is 0. The minimum Gasteiger partial charge on any atom is -0.309 e. The van der Waals surface area contributed by atoms with Crippen molar-refractivity contribution in [1.82, 2.24) is 9.13 Å². The minimum atomic E-state index is 1.14. The monoisotopic (exact) mass is 712 g/mol. The van der Waals surface area contributed by atoms with Gasteiger partial charge in [0, 0.05) is 32.9 Å². The topological polar surface area (TPSA) is 9.86 Å². The Labute approximate surface area is 325 Å². The van der Waals surface area contributed by atoms with Crippen molar-refractivity contribution in [2.24, 2.45) is 0 Å². The highest BCUT2D eigenvalue weighted by Gasteiger charge is 2.19. The van der Waals surface area contributed by atoms with Gasteiger partial charge in [0.05, 0.1) is 22.1 Å². The summed E-state index contributed by atoms with van der Waals surface area (Å²) >= 11 is 0. The predicted molar refractivity (Wildman–Crippen MR) is 237 cm³/mol. The van der Waals surface area contributed by atoms with Crippen LogP contribution in [-0.2, 0) is 0 Å². The summed E-state index contributed by atoms with van der Waals surface area (Å²) in [6.45, 7) is 0. The first-order chi connectivity index (χ1) is 27.8. The zero-order valence-electron chi connectivity index (χ0n) is 30.7. The summed E-state index contributed by atoms with van der Waals surface area (Å²) in [5, 5.41) is 4.98. The van der Waals surface area contributed by atoms with Crippen molar-refractivity contribution in [2.75, 3.05) is 0 Å². The van der Waals surface area contributed by atoms with E-state index in [9.17, 15) is 0 Å². The second-order valence-corrected chi connectivity index (χ2v) is 14.6. The van der Waals surface area contributed by atoms with Crippen LogP contribution in [0.5, 0.6) is 0 Å². The van der Waals surface area contributed by atoms with E-state index in [-0.39, 0.29) is 0 Å². The highest BCUT2D eigenvalue weighted by Crippen LogP contribution is 2.42. The third kappa shape index (κ3) is 5.26. The van der Waals surface area contributed by atoms with Crippen molar-refractivity contribution in [3.8, 4) is 55.9 Å². The molecule has 0 aliphatic rings. The molecule has 0 unspecified atom stereocenters. The van der Waals surface area contributed by atoms with E-state index in [2.05, 4.69) is 228 Å². The number of nitrogens with zero attached hydrogens (tertiary/aromatic N) is 2. The van der Waals surface area contributed by atoms with Gasteiger partial charge >= 0.3 is 0 Å². The molecule has 0 bridgehead atoms. The van der Waals surface area contributed by atoms with Gasteiger partial charge in [0.15, 0.2) is 0 Å². The highest BCUT2D eigenvalue weighted by atomic mass is 15.0. The number of para-hydroxylation sites is 1. The molecule has 2 nitrogen and oxygen atoms in total. The maximum Gasteiger partial charge on any atom is 0.0547 e. The van der Waals surface area contributed by atoms with Gasteiger partial charge in [-0.3, -0.25) is 0 Å². The molecule has 0 fully saturated rings. The summed E-state index contributed by atoms with van der Waals surface area (Å²) in [5.74, 6) is 0. The van der Waals surface area contributed by atoms with Gasteiger partial charge < -0.3 is 9.13 Å². The number of benzene rings is 9. The fraction of sp³-hybridized carbons (Fsp3) is 0. The lowest BCUT2D eigenvalue weighted by Crippen LogP contribution is -1.95. The molecule has 56 heavy (non-hydrogen) atoms. The maximum absolute atomic E-state index is 2.44. The zero-order chi connectivity index (χ0) is 37.0. The van der Waals surface area contributed by atoms with Crippen molar-refractivity contribution < 1.29 is 0 Å². The van der Waals surface area contributed by atoms with E-state index in [0.717, 1.165) is 11.4 Å². The van der Waals surface area contributed by atoms with Crippen LogP contribution in [0.1, 0.15) is 0 Å². The van der Waals surface area contributed by atoms with Gasteiger partial charge in [0.1, 0.15) is 0 Å². The normalized spacial score (nSPS) is 11.6. The Balaban J connectivity index is 1.17. The Morgan fingerprint density at radius 1 is 0.232 bits per heavy atom. The molecular weight excluding hydrogens is 677 g/mol. The molecule has 0 saturated heterocycles. The summed E-state index contributed by atoms with van der Waals surface area (Å²) in [5.41, 5.74) is 16.7. The van der Waals surface area contributed by atoms with Crippen LogP contribution in [0.4, 0.5) is 0 Å². The van der Waals surface area contributed by atoms with Crippen LogP contribution in [0, 0.1) is 0 Å². The molecule has 0 aliphatic heterocycles. The Kier molecular flexibility index (Phi) is 7.53. The number of rotatable bonds is 6.